The van der Waals surface area contributed by atoms with Crippen molar-refractivity contribution in [3.05, 3.63) is 48.6 Å². The molecule has 0 saturated carbocycles. The van der Waals surface area contributed by atoms with Crippen molar-refractivity contribution in [2.24, 2.45) is 0 Å². The van der Waals surface area contributed by atoms with Gasteiger partial charge in [0.25, 0.3) is 0 Å². The summed E-state index contributed by atoms with van der Waals surface area (Å²) in [6.45, 7) is 9.10. The van der Waals surface area contributed by atoms with Gasteiger partial charge >= 0.3 is 23.9 Å². The molecule has 8 nitrogen and oxygen atoms in total. The number of unbranched alkanes of at least 4 members (excludes halogenated alkanes) is 60. The van der Waals surface area contributed by atoms with E-state index in [-0.39, 0.29) is 21.1 Å². The maximum Gasteiger partial charge on any atom is 0.327 e. The van der Waals surface area contributed by atoms with E-state index in [1.807, 2.05) is 0 Å². The minimum Gasteiger partial charge on any atom is -0.478 e. The summed E-state index contributed by atoms with van der Waals surface area (Å²) in [6.07, 6.45) is 98.0. The molecule has 0 aromatic carbocycles. The SMILES string of the molecule is CCCCCCCCCCCCCCCCCC=CC(=O)O.CCCCCCCCCCCCCCCCCC=CC(=O)O.CCCCCCCCCCCCCCCCCC=CC(=O)O.CCCCCCCCCCCCCCCCCC=CC(=O)O.[W]. The first-order valence-electron chi connectivity index (χ1n) is 38.7. The van der Waals surface area contributed by atoms with E-state index < -0.39 is 23.9 Å². The van der Waals surface area contributed by atoms with E-state index in [2.05, 4.69) is 27.7 Å². The van der Waals surface area contributed by atoms with Crippen LogP contribution >= 0.6 is 0 Å². The molecular weight excluding hydrogens is 1270 g/mol. The average molecular weight is 1430 g/mol. The number of carboxylic acids is 4. The third-order valence-corrected chi connectivity index (χ3v) is 16.9. The standard InChI is InChI=1S/4C20H38O2.W/c4*1-2-3-4-5-6-7-8-9-10-11-12-13-14-15-16-17-18-19-20(21)22;/h4*18-19H,2-17H2,1H3,(H,21,22);. The molecule has 89 heavy (non-hydrogen) atoms. The Bertz CT molecular complexity index is 1260. The number of hydrogen-bond donors (Lipinski definition) is 4. The first-order chi connectivity index (χ1) is 43.1. The van der Waals surface area contributed by atoms with E-state index >= 15 is 0 Å². The second kappa shape index (κ2) is 91.9. The van der Waals surface area contributed by atoms with E-state index in [9.17, 15) is 19.2 Å². The monoisotopic (exact) mass is 1430 g/mol. The van der Waals surface area contributed by atoms with Crippen molar-refractivity contribution in [1.29, 1.82) is 0 Å². The van der Waals surface area contributed by atoms with Crippen LogP contribution in [-0.2, 0) is 40.2 Å². The normalized spacial score (nSPS) is 11.2. The van der Waals surface area contributed by atoms with Gasteiger partial charge in [0.15, 0.2) is 0 Å². The summed E-state index contributed by atoms with van der Waals surface area (Å²) in [7, 11) is 0. The Morgan fingerprint density at radius 2 is 0.270 bits per heavy atom. The van der Waals surface area contributed by atoms with Crippen molar-refractivity contribution in [2.45, 2.75) is 439 Å². The van der Waals surface area contributed by atoms with Gasteiger partial charge < -0.3 is 20.4 Å². The Labute approximate surface area is 568 Å². The molecule has 0 heterocycles. The van der Waals surface area contributed by atoms with Crippen molar-refractivity contribution < 1.29 is 60.7 Å². The quantitative estimate of drug-likeness (QED) is 0.0347. The molecule has 0 fully saturated rings. The molecular formula is C80H152O8W. The summed E-state index contributed by atoms with van der Waals surface area (Å²) < 4.78 is 0. The number of allylic oxidation sites excluding steroid dienone is 4. The van der Waals surface area contributed by atoms with Crippen LogP contribution < -0.4 is 0 Å². The van der Waals surface area contributed by atoms with Gasteiger partial charge in [-0.05, 0) is 51.4 Å². The van der Waals surface area contributed by atoms with Crippen LogP contribution in [0.1, 0.15) is 439 Å². The number of hydrogen-bond acceptors (Lipinski definition) is 4. The molecule has 0 spiro atoms. The third-order valence-electron chi connectivity index (χ3n) is 16.9. The largest absolute Gasteiger partial charge is 0.478 e. The molecule has 0 radical (unpaired) electrons. The fourth-order valence-electron chi connectivity index (χ4n) is 11.3. The van der Waals surface area contributed by atoms with Crippen molar-refractivity contribution >= 4 is 23.9 Å². The third kappa shape index (κ3) is 110. The molecule has 0 aromatic rings. The van der Waals surface area contributed by atoms with Crippen LogP contribution in [0.15, 0.2) is 48.6 Å². The number of carbonyl (C=O) groups is 4. The molecule has 0 aliphatic heterocycles. The van der Waals surface area contributed by atoms with Gasteiger partial charge in [-0.3, -0.25) is 0 Å². The molecule has 0 unspecified atom stereocenters. The van der Waals surface area contributed by atoms with E-state index in [1.165, 1.54) is 384 Å². The molecule has 0 atom stereocenters. The van der Waals surface area contributed by atoms with Gasteiger partial charge in [-0.15, -0.1) is 0 Å². The second-order valence-corrected chi connectivity index (χ2v) is 25.9. The Morgan fingerprint density at radius 1 is 0.180 bits per heavy atom. The summed E-state index contributed by atoms with van der Waals surface area (Å²) in [5.41, 5.74) is 0. The smallest absolute Gasteiger partial charge is 0.327 e. The summed E-state index contributed by atoms with van der Waals surface area (Å²) in [5.74, 6) is -3.33. The second-order valence-electron chi connectivity index (χ2n) is 25.9. The maximum absolute atomic E-state index is 10.3. The molecule has 0 saturated heterocycles. The van der Waals surface area contributed by atoms with Crippen LogP contribution in [0, 0.1) is 0 Å². The van der Waals surface area contributed by atoms with Gasteiger partial charge in [0.2, 0.25) is 0 Å². The van der Waals surface area contributed by atoms with Crippen LogP contribution in [0.25, 0.3) is 0 Å². The van der Waals surface area contributed by atoms with Crippen molar-refractivity contribution in [2.75, 3.05) is 0 Å². The molecule has 0 amide bonds. The van der Waals surface area contributed by atoms with Gasteiger partial charge in [0, 0.05) is 45.4 Å². The summed E-state index contributed by atoms with van der Waals surface area (Å²) in [4.78, 5) is 41.1. The van der Waals surface area contributed by atoms with E-state index in [4.69, 9.17) is 20.4 Å². The summed E-state index contributed by atoms with van der Waals surface area (Å²) in [6, 6.07) is 0. The molecule has 0 aromatic heterocycles. The van der Waals surface area contributed by atoms with Gasteiger partial charge in [0.1, 0.15) is 0 Å². The maximum atomic E-state index is 10.3. The van der Waals surface area contributed by atoms with Gasteiger partial charge in [0.05, 0.1) is 0 Å². The molecule has 0 rings (SSSR count). The minimum atomic E-state index is -0.832. The molecule has 4 N–H and O–H groups in total. The van der Waals surface area contributed by atoms with E-state index in [1.54, 1.807) is 24.3 Å². The topological polar surface area (TPSA) is 149 Å². The zero-order valence-electron chi connectivity index (χ0n) is 59.7. The number of rotatable bonds is 68. The number of carboxylic acid groups (broad SMARTS) is 4. The molecule has 9 heteroatoms. The Morgan fingerprint density at radius 3 is 0.360 bits per heavy atom. The summed E-state index contributed by atoms with van der Waals surface area (Å²) in [5, 5.41) is 33.8. The molecule has 0 bridgehead atoms. The van der Waals surface area contributed by atoms with Crippen LogP contribution in [0.5, 0.6) is 0 Å². The van der Waals surface area contributed by atoms with Crippen molar-refractivity contribution in [1.82, 2.24) is 0 Å². The first kappa shape index (κ1) is 95.2. The zero-order valence-corrected chi connectivity index (χ0v) is 62.6. The Hall–Kier alpha value is -2.47. The van der Waals surface area contributed by atoms with Crippen LogP contribution in [0.3, 0.4) is 0 Å². The van der Waals surface area contributed by atoms with Gasteiger partial charge in [-0.25, -0.2) is 19.2 Å². The van der Waals surface area contributed by atoms with Crippen molar-refractivity contribution in [3.8, 4) is 0 Å². The molecule has 0 aliphatic carbocycles. The predicted molar refractivity (Wildman–Crippen MR) is 385 cm³/mol. The molecule has 0 aliphatic rings. The van der Waals surface area contributed by atoms with Gasteiger partial charge in [-0.2, -0.15) is 0 Å². The number of aliphatic carboxylic acids is 4. The van der Waals surface area contributed by atoms with Crippen LogP contribution in [-0.4, -0.2) is 44.3 Å². The Kier molecular flexibility index (Phi) is 98.4. The van der Waals surface area contributed by atoms with Crippen LogP contribution in [0.2, 0.25) is 0 Å². The van der Waals surface area contributed by atoms with Crippen molar-refractivity contribution in [3.63, 3.8) is 0 Å². The summed E-state index contributed by atoms with van der Waals surface area (Å²) >= 11 is 0. The Balaban J connectivity index is -0.000000351. The van der Waals surface area contributed by atoms with Gasteiger partial charge in [-0.1, -0.05) is 412 Å². The fourth-order valence-corrected chi connectivity index (χ4v) is 11.3. The molecule has 526 valence electrons. The predicted octanol–water partition coefficient (Wildman–Crippen LogP) is 27.6. The first-order valence-corrected chi connectivity index (χ1v) is 38.7. The zero-order chi connectivity index (χ0) is 65.2. The average Bonchev–Trinajstić information content (AvgIpc) is 3.50. The van der Waals surface area contributed by atoms with Crippen LogP contribution in [0.4, 0.5) is 0 Å². The van der Waals surface area contributed by atoms with E-state index in [0.29, 0.717) is 0 Å². The fraction of sp³-hybridized carbons (Fsp3) is 0.850. The minimum absolute atomic E-state index is 0. The van der Waals surface area contributed by atoms with E-state index in [0.717, 1.165) is 51.4 Å².